The monoisotopic (exact) mass is 365 g/mol. The summed E-state index contributed by atoms with van der Waals surface area (Å²) >= 11 is 6.02. The van der Waals surface area contributed by atoms with E-state index in [1.807, 2.05) is 0 Å². The Bertz CT molecular complexity index is 799. The van der Waals surface area contributed by atoms with Gasteiger partial charge in [-0.2, -0.15) is 0 Å². The van der Waals surface area contributed by atoms with E-state index in [9.17, 15) is 9.59 Å². The minimum Gasteiger partial charge on any atom is -0.497 e. The predicted molar refractivity (Wildman–Crippen MR) is 92.5 cm³/mol. The van der Waals surface area contributed by atoms with E-state index in [0.717, 1.165) is 0 Å². The normalized spacial score (nSPS) is 10.1. The summed E-state index contributed by atoms with van der Waals surface area (Å²) in [5, 5.41) is 11.8. The molecule has 0 saturated heterocycles. The molecular weight excluding hydrogens is 350 g/mol. The van der Waals surface area contributed by atoms with Crippen molar-refractivity contribution < 1.29 is 28.9 Å². The number of nitrogens with one attached hydrogen (secondary N) is 1. The number of carbonyl (C=O) groups excluding carboxylic acids is 1. The maximum Gasteiger partial charge on any atom is 0.335 e. The maximum atomic E-state index is 12.5. The summed E-state index contributed by atoms with van der Waals surface area (Å²) in [5.74, 6) is -0.644. The second kappa shape index (κ2) is 7.76. The predicted octanol–water partition coefficient (Wildman–Crippen LogP) is 3.32. The number of carboxylic acid groups (broad SMARTS) is 1. The van der Waals surface area contributed by atoms with Crippen LogP contribution in [0.25, 0.3) is 0 Å². The van der Waals surface area contributed by atoms with Gasteiger partial charge in [-0.3, -0.25) is 4.79 Å². The van der Waals surface area contributed by atoms with Gasteiger partial charge in [-0.05, 0) is 24.3 Å². The lowest BCUT2D eigenvalue weighted by Gasteiger charge is -2.14. The highest BCUT2D eigenvalue weighted by molar-refractivity contribution is 6.33. The van der Waals surface area contributed by atoms with Gasteiger partial charge in [0.05, 0.1) is 37.6 Å². The van der Waals surface area contributed by atoms with Gasteiger partial charge in [0.1, 0.15) is 11.5 Å². The minimum absolute atomic E-state index is 0.0703. The molecule has 0 atom stereocenters. The van der Waals surface area contributed by atoms with Crippen molar-refractivity contribution in [1.82, 2.24) is 0 Å². The van der Waals surface area contributed by atoms with Crippen LogP contribution in [0, 0.1) is 0 Å². The topological polar surface area (TPSA) is 94.1 Å². The van der Waals surface area contributed by atoms with Crippen molar-refractivity contribution >= 4 is 29.2 Å². The van der Waals surface area contributed by atoms with E-state index in [1.54, 1.807) is 6.07 Å². The van der Waals surface area contributed by atoms with Gasteiger partial charge in [0.2, 0.25) is 0 Å². The van der Waals surface area contributed by atoms with Crippen molar-refractivity contribution in [2.24, 2.45) is 0 Å². The molecule has 0 aliphatic heterocycles. The number of benzene rings is 2. The molecule has 25 heavy (non-hydrogen) atoms. The highest BCUT2D eigenvalue weighted by Gasteiger charge is 2.17. The molecule has 0 aliphatic rings. The van der Waals surface area contributed by atoms with Crippen LogP contribution >= 0.6 is 11.6 Å². The standard InChI is InChI=1S/C17H16ClNO6/c1-23-11-4-9(5-12(8-11)24-2)16(20)19-14-7-10(17(21)22)6-13(18)15(14)25-3/h4-8H,1-3H3,(H,19,20)(H,21,22). The number of hydrogen-bond acceptors (Lipinski definition) is 5. The molecule has 2 aromatic rings. The number of ether oxygens (including phenoxy) is 3. The number of amides is 1. The molecule has 132 valence electrons. The fourth-order valence-electron chi connectivity index (χ4n) is 2.15. The van der Waals surface area contributed by atoms with E-state index < -0.39 is 11.9 Å². The van der Waals surface area contributed by atoms with Crippen LogP contribution in [0.1, 0.15) is 20.7 Å². The number of carboxylic acids is 1. The number of halogens is 1. The van der Waals surface area contributed by atoms with Crippen molar-refractivity contribution in [2.75, 3.05) is 26.6 Å². The molecule has 0 radical (unpaired) electrons. The largest absolute Gasteiger partial charge is 0.497 e. The van der Waals surface area contributed by atoms with Gasteiger partial charge in [-0.1, -0.05) is 11.6 Å². The van der Waals surface area contributed by atoms with Gasteiger partial charge in [-0.15, -0.1) is 0 Å². The first-order valence-electron chi connectivity index (χ1n) is 7.04. The van der Waals surface area contributed by atoms with Gasteiger partial charge >= 0.3 is 5.97 Å². The number of methoxy groups -OCH3 is 3. The number of carbonyl (C=O) groups is 2. The zero-order valence-electron chi connectivity index (χ0n) is 13.8. The second-order valence-electron chi connectivity index (χ2n) is 4.90. The van der Waals surface area contributed by atoms with Gasteiger partial charge in [0, 0.05) is 11.6 Å². The quantitative estimate of drug-likeness (QED) is 0.815. The van der Waals surface area contributed by atoms with Gasteiger partial charge in [-0.25, -0.2) is 4.79 Å². The molecule has 0 heterocycles. The number of hydrogen-bond donors (Lipinski definition) is 2. The lowest BCUT2D eigenvalue weighted by Crippen LogP contribution is -2.14. The Morgan fingerprint density at radius 2 is 1.52 bits per heavy atom. The Labute approximate surface area is 149 Å². The lowest BCUT2D eigenvalue weighted by molar-refractivity contribution is 0.0696. The molecule has 2 N–H and O–H groups in total. The number of anilines is 1. The van der Waals surface area contributed by atoms with E-state index >= 15 is 0 Å². The Kier molecular flexibility index (Phi) is 5.71. The SMILES string of the molecule is COc1cc(OC)cc(C(=O)Nc2cc(C(=O)O)cc(Cl)c2OC)c1. The van der Waals surface area contributed by atoms with Crippen molar-refractivity contribution in [3.63, 3.8) is 0 Å². The molecule has 1 amide bonds. The van der Waals surface area contributed by atoms with Gasteiger partial charge < -0.3 is 24.6 Å². The molecule has 2 aromatic carbocycles. The highest BCUT2D eigenvalue weighted by atomic mass is 35.5. The third-order valence-corrected chi connectivity index (χ3v) is 3.64. The third-order valence-electron chi connectivity index (χ3n) is 3.36. The van der Waals surface area contributed by atoms with Crippen LogP contribution in [0.5, 0.6) is 17.2 Å². The average Bonchev–Trinajstić information content (AvgIpc) is 2.60. The maximum absolute atomic E-state index is 12.5. The number of aromatic carboxylic acids is 1. The summed E-state index contributed by atoms with van der Waals surface area (Å²) in [5.41, 5.74) is 0.318. The van der Waals surface area contributed by atoms with Crippen LogP contribution < -0.4 is 19.5 Å². The fraction of sp³-hybridized carbons (Fsp3) is 0.176. The molecule has 7 nitrogen and oxygen atoms in total. The van der Waals surface area contributed by atoms with E-state index in [2.05, 4.69) is 5.32 Å². The Balaban J connectivity index is 2.42. The van der Waals surface area contributed by atoms with Gasteiger partial charge in [0.25, 0.3) is 5.91 Å². The summed E-state index contributed by atoms with van der Waals surface area (Å²) in [6.07, 6.45) is 0. The Morgan fingerprint density at radius 3 is 2.00 bits per heavy atom. The fourth-order valence-corrected chi connectivity index (χ4v) is 2.45. The summed E-state index contributed by atoms with van der Waals surface area (Å²) in [7, 11) is 4.30. The molecule has 0 aliphatic carbocycles. The van der Waals surface area contributed by atoms with Crippen LogP contribution in [0.2, 0.25) is 5.02 Å². The van der Waals surface area contributed by atoms with E-state index in [0.29, 0.717) is 11.5 Å². The van der Waals surface area contributed by atoms with Gasteiger partial charge in [0.15, 0.2) is 5.75 Å². The molecule has 0 bridgehead atoms. The Hall–Kier alpha value is -2.93. The summed E-state index contributed by atoms with van der Waals surface area (Å²) < 4.78 is 15.4. The lowest BCUT2D eigenvalue weighted by atomic mass is 10.1. The zero-order chi connectivity index (χ0) is 18.6. The van der Waals surface area contributed by atoms with Crippen LogP contribution in [0.3, 0.4) is 0 Å². The first-order valence-corrected chi connectivity index (χ1v) is 7.42. The first-order chi connectivity index (χ1) is 11.9. The molecule has 2 rings (SSSR count). The van der Waals surface area contributed by atoms with Crippen molar-refractivity contribution in [3.05, 3.63) is 46.5 Å². The summed E-state index contributed by atoms with van der Waals surface area (Å²) in [6, 6.07) is 7.18. The molecule has 0 saturated carbocycles. The Morgan fingerprint density at radius 1 is 0.920 bits per heavy atom. The first kappa shape index (κ1) is 18.4. The molecule has 0 unspecified atom stereocenters. The molecule has 0 fully saturated rings. The molecular formula is C17H16ClNO6. The highest BCUT2D eigenvalue weighted by Crippen LogP contribution is 2.35. The van der Waals surface area contributed by atoms with Crippen molar-refractivity contribution in [1.29, 1.82) is 0 Å². The third kappa shape index (κ3) is 4.13. The average molecular weight is 366 g/mol. The van der Waals surface area contributed by atoms with E-state index in [-0.39, 0.29) is 27.6 Å². The smallest absolute Gasteiger partial charge is 0.335 e. The van der Waals surface area contributed by atoms with Crippen molar-refractivity contribution in [2.45, 2.75) is 0 Å². The molecule has 0 aromatic heterocycles. The van der Waals surface area contributed by atoms with Crippen LogP contribution in [0.4, 0.5) is 5.69 Å². The van der Waals surface area contributed by atoms with E-state index in [1.165, 1.54) is 45.6 Å². The molecule has 8 heteroatoms. The zero-order valence-corrected chi connectivity index (χ0v) is 14.5. The van der Waals surface area contributed by atoms with Crippen LogP contribution in [-0.4, -0.2) is 38.3 Å². The summed E-state index contributed by atoms with van der Waals surface area (Å²) in [4.78, 5) is 23.7. The summed E-state index contributed by atoms with van der Waals surface area (Å²) in [6.45, 7) is 0. The van der Waals surface area contributed by atoms with E-state index in [4.69, 9.17) is 30.9 Å². The number of rotatable bonds is 6. The molecule has 0 spiro atoms. The minimum atomic E-state index is -1.18. The van der Waals surface area contributed by atoms with Crippen LogP contribution in [0.15, 0.2) is 30.3 Å². The van der Waals surface area contributed by atoms with Crippen LogP contribution in [-0.2, 0) is 0 Å². The second-order valence-corrected chi connectivity index (χ2v) is 5.31. The van der Waals surface area contributed by atoms with Crippen molar-refractivity contribution in [3.8, 4) is 17.2 Å².